The van der Waals surface area contributed by atoms with Gasteiger partial charge in [0.2, 0.25) is 5.82 Å². The molecular formula is C33H26F2N4O5. The third-order valence-corrected chi connectivity index (χ3v) is 6.88. The van der Waals surface area contributed by atoms with E-state index in [2.05, 4.69) is 15.1 Å². The number of halogens is 2. The molecule has 222 valence electrons. The van der Waals surface area contributed by atoms with Gasteiger partial charge in [0.1, 0.15) is 22.8 Å². The van der Waals surface area contributed by atoms with Gasteiger partial charge in [-0.2, -0.15) is 0 Å². The zero-order chi connectivity index (χ0) is 31.5. The monoisotopic (exact) mass is 596 g/mol. The Balaban J connectivity index is 1.47. The van der Waals surface area contributed by atoms with Gasteiger partial charge in [-0.3, -0.25) is 9.78 Å². The second kappa shape index (κ2) is 12.2. The summed E-state index contributed by atoms with van der Waals surface area (Å²) in [5.41, 5.74) is 0.244. The van der Waals surface area contributed by atoms with E-state index in [4.69, 9.17) is 20.8 Å². The Morgan fingerprint density at radius 1 is 0.932 bits per heavy atom. The summed E-state index contributed by atoms with van der Waals surface area (Å²) in [6.07, 6.45) is 1.51. The van der Waals surface area contributed by atoms with Crippen molar-refractivity contribution in [3.63, 3.8) is 0 Å². The molecule has 0 fully saturated rings. The molecule has 0 aliphatic carbocycles. The number of rotatable bonds is 8. The van der Waals surface area contributed by atoms with Crippen molar-refractivity contribution in [3.05, 3.63) is 117 Å². The molecule has 0 atom stereocenters. The summed E-state index contributed by atoms with van der Waals surface area (Å²) in [4.78, 5) is 34.7. The van der Waals surface area contributed by atoms with E-state index >= 15 is 4.39 Å². The summed E-state index contributed by atoms with van der Waals surface area (Å²) in [5.74, 6) is -1.19. The van der Waals surface area contributed by atoms with Crippen LogP contribution < -0.4 is 25.1 Å². The predicted molar refractivity (Wildman–Crippen MR) is 162 cm³/mol. The Hall–Kier alpha value is -5.76. The van der Waals surface area contributed by atoms with Crippen LogP contribution in [-0.2, 0) is 0 Å². The number of nitrogens with one attached hydrogen (secondary N) is 1. The van der Waals surface area contributed by atoms with Crippen LogP contribution in [0, 0.1) is 18.2 Å². The molecule has 0 spiro atoms. The lowest BCUT2D eigenvalue weighted by molar-refractivity contribution is 0.102. The van der Waals surface area contributed by atoms with Crippen molar-refractivity contribution in [2.24, 2.45) is 0 Å². The average Bonchev–Trinajstić information content (AvgIpc) is 3.01. The number of methoxy groups -OCH3 is 2. The first kappa shape index (κ1) is 29.7. The summed E-state index contributed by atoms with van der Waals surface area (Å²) in [6.45, 7) is 11.3. The van der Waals surface area contributed by atoms with Gasteiger partial charge in [-0.25, -0.2) is 18.1 Å². The van der Waals surface area contributed by atoms with Crippen molar-refractivity contribution in [1.29, 1.82) is 0 Å². The topological polar surface area (TPSA) is 96.0 Å². The van der Waals surface area contributed by atoms with Crippen LogP contribution in [0.4, 0.5) is 20.3 Å². The van der Waals surface area contributed by atoms with Crippen LogP contribution in [0.15, 0.2) is 77.7 Å². The Labute approximate surface area is 251 Å². The molecule has 2 aromatic heterocycles. The highest BCUT2D eigenvalue weighted by atomic mass is 19.1. The van der Waals surface area contributed by atoms with Crippen molar-refractivity contribution in [2.45, 2.75) is 19.8 Å². The largest absolute Gasteiger partial charge is 0.493 e. The second-order valence-corrected chi connectivity index (χ2v) is 9.96. The highest BCUT2D eigenvalue weighted by molar-refractivity contribution is 6.04. The van der Waals surface area contributed by atoms with Crippen LogP contribution in [0.25, 0.3) is 21.4 Å². The molecule has 2 heterocycles. The number of amides is 1. The molecule has 0 aliphatic rings. The van der Waals surface area contributed by atoms with Gasteiger partial charge in [0.05, 0.1) is 19.7 Å². The first-order valence-corrected chi connectivity index (χ1v) is 13.4. The first-order valence-electron chi connectivity index (χ1n) is 13.4. The maximum atomic E-state index is 15.3. The quantitative estimate of drug-likeness (QED) is 0.188. The van der Waals surface area contributed by atoms with Crippen molar-refractivity contribution in [1.82, 2.24) is 9.55 Å². The van der Waals surface area contributed by atoms with Gasteiger partial charge < -0.3 is 24.4 Å². The molecule has 5 rings (SSSR count). The number of fused-ring (bicyclic) bond motifs is 1. The van der Waals surface area contributed by atoms with E-state index in [0.717, 1.165) is 22.8 Å². The molecule has 1 amide bonds. The zero-order valence-corrected chi connectivity index (χ0v) is 24.1. The predicted octanol–water partition coefficient (Wildman–Crippen LogP) is 7.40. The highest BCUT2D eigenvalue weighted by Crippen LogP contribution is 2.37. The molecule has 11 heteroatoms. The molecule has 5 aromatic rings. The number of hydrogen-bond donors (Lipinski definition) is 1. The number of hydrogen-bond acceptors (Lipinski definition) is 6. The molecule has 1 N–H and O–H groups in total. The van der Waals surface area contributed by atoms with Gasteiger partial charge in [-0.15, -0.1) is 0 Å². The van der Waals surface area contributed by atoms with Crippen molar-refractivity contribution >= 4 is 28.3 Å². The molecule has 3 aromatic carbocycles. The number of aromatic nitrogens is 2. The Kier molecular flexibility index (Phi) is 8.26. The van der Waals surface area contributed by atoms with Crippen LogP contribution in [0.1, 0.15) is 35.7 Å². The van der Waals surface area contributed by atoms with Gasteiger partial charge in [-0.1, -0.05) is 20.4 Å². The minimum Gasteiger partial charge on any atom is -0.493 e. The molecule has 0 radical (unpaired) electrons. The minimum atomic E-state index is -0.807. The molecule has 0 unspecified atom stereocenters. The number of anilines is 1. The Morgan fingerprint density at radius 2 is 1.64 bits per heavy atom. The fourth-order valence-electron chi connectivity index (χ4n) is 4.67. The van der Waals surface area contributed by atoms with E-state index in [-0.39, 0.29) is 34.4 Å². The normalized spacial score (nSPS) is 10.9. The molecule has 0 aliphatic heterocycles. The van der Waals surface area contributed by atoms with E-state index < -0.39 is 23.1 Å². The van der Waals surface area contributed by atoms with Crippen LogP contribution in [0.3, 0.4) is 0 Å². The lowest BCUT2D eigenvalue weighted by atomic mass is 10.0. The number of ether oxygens (including phenoxy) is 3. The van der Waals surface area contributed by atoms with Gasteiger partial charge in [0, 0.05) is 29.4 Å². The zero-order valence-electron chi connectivity index (χ0n) is 24.1. The van der Waals surface area contributed by atoms with Crippen LogP contribution in [0.5, 0.6) is 23.0 Å². The van der Waals surface area contributed by atoms with Gasteiger partial charge in [-0.05, 0) is 66.1 Å². The lowest BCUT2D eigenvalue weighted by Gasteiger charge is -2.16. The standard InChI is InChI=1S/C33H26F2N4O5/c1-18(2)22-15-24(33(41)39(31(22)36-3)21-9-6-19(34)7-10-21)32(40)38-20-8-11-28(25(35)14-20)44-27-12-13-37-26-17-30(43-5)29(42-4)16-23(26)27/h6-18H,1-2,4-5H3,(H,38,40). The van der Waals surface area contributed by atoms with Gasteiger partial charge in [0.25, 0.3) is 5.91 Å². The summed E-state index contributed by atoms with van der Waals surface area (Å²) in [5, 5.41) is 3.11. The number of benzene rings is 3. The summed E-state index contributed by atoms with van der Waals surface area (Å²) in [7, 11) is 3.00. The molecule has 0 bridgehead atoms. The van der Waals surface area contributed by atoms with Crippen molar-refractivity contribution < 1.29 is 27.8 Å². The van der Waals surface area contributed by atoms with Gasteiger partial charge in [0.15, 0.2) is 23.1 Å². The Morgan fingerprint density at radius 3 is 2.27 bits per heavy atom. The number of carbonyl (C=O) groups excluding carboxylic acids is 1. The van der Waals surface area contributed by atoms with Crippen molar-refractivity contribution in [3.8, 4) is 28.7 Å². The molecule has 44 heavy (non-hydrogen) atoms. The summed E-state index contributed by atoms with van der Waals surface area (Å²) >= 11 is 0. The van der Waals surface area contributed by atoms with E-state index in [0.29, 0.717) is 33.7 Å². The number of carbonyl (C=O) groups is 1. The third-order valence-electron chi connectivity index (χ3n) is 6.88. The third kappa shape index (κ3) is 5.65. The van der Waals surface area contributed by atoms with Gasteiger partial charge >= 0.3 is 5.56 Å². The van der Waals surface area contributed by atoms with Crippen LogP contribution in [0.2, 0.25) is 0 Å². The highest BCUT2D eigenvalue weighted by Gasteiger charge is 2.24. The van der Waals surface area contributed by atoms with E-state index in [1.54, 1.807) is 18.2 Å². The van der Waals surface area contributed by atoms with Crippen LogP contribution >= 0.6 is 0 Å². The maximum Gasteiger partial charge on any atom is 0.336 e. The van der Waals surface area contributed by atoms with E-state index in [1.807, 2.05) is 13.8 Å². The van der Waals surface area contributed by atoms with Crippen molar-refractivity contribution in [2.75, 3.05) is 19.5 Å². The second-order valence-electron chi connectivity index (χ2n) is 9.96. The van der Waals surface area contributed by atoms with Crippen LogP contribution in [-0.4, -0.2) is 29.7 Å². The maximum absolute atomic E-state index is 15.3. The number of pyridine rings is 2. The number of nitrogens with zero attached hydrogens (tertiary/aromatic N) is 3. The van der Waals surface area contributed by atoms with E-state index in [1.165, 1.54) is 50.7 Å². The summed E-state index contributed by atoms with van der Waals surface area (Å²) in [6, 6.07) is 15.1. The smallest absolute Gasteiger partial charge is 0.336 e. The lowest BCUT2D eigenvalue weighted by Crippen LogP contribution is -2.29. The fourth-order valence-corrected chi connectivity index (χ4v) is 4.67. The average molecular weight is 597 g/mol. The molecule has 0 saturated carbocycles. The molecule has 9 nitrogen and oxygen atoms in total. The molecule has 0 saturated heterocycles. The van der Waals surface area contributed by atoms with E-state index in [9.17, 15) is 14.0 Å². The fraction of sp³-hybridized carbons (Fsp3) is 0.152. The Bertz CT molecular complexity index is 2000. The first-order chi connectivity index (χ1) is 21.1. The SMILES string of the molecule is [C-]#[N+]c1c(C(C)C)cc(C(=O)Nc2ccc(Oc3ccnc4cc(OC)c(OC)cc34)c(F)c2)c(=O)n1-c1ccc(F)cc1. The summed E-state index contributed by atoms with van der Waals surface area (Å²) < 4.78 is 46.5. The molecular weight excluding hydrogens is 570 g/mol. The minimum absolute atomic E-state index is 0.0143.